The Morgan fingerprint density at radius 1 is 1.06 bits per heavy atom. The van der Waals surface area contributed by atoms with Crippen molar-refractivity contribution in [2.45, 2.75) is 11.8 Å². The Bertz CT molecular complexity index is 1490. The molecule has 184 valence electrons. The number of hydrogen-bond donors (Lipinski definition) is 1. The maximum absolute atomic E-state index is 13.4. The average Bonchev–Trinajstić information content (AvgIpc) is 2.89. The normalized spacial score (nSPS) is 11.5. The van der Waals surface area contributed by atoms with E-state index in [2.05, 4.69) is 15.5 Å². The Kier molecular flexibility index (Phi) is 7.82. The Hall–Kier alpha value is -3.95. The van der Waals surface area contributed by atoms with Crippen LogP contribution in [0.15, 0.2) is 94.9 Å². The lowest BCUT2D eigenvalue weighted by atomic mass is 10.2. The summed E-state index contributed by atoms with van der Waals surface area (Å²) in [5.41, 5.74) is 3.93. The molecule has 0 spiro atoms. The number of aromatic nitrogens is 1. The van der Waals surface area contributed by atoms with Crippen molar-refractivity contribution in [2.24, 2.45) is 5.10 Å². The summed E-state index contributed by atoms with van der Waals surface area (Å²) >= 11 is 6.23. The number of nitrogens with one attached hydrogen (secondary N) is 1. The van der Waals surface area contributed by atoms with Gasteiger partial charge in [-0.1, -0.05) is 48.0 Å². The summed E-state index contributed by atoms with van der Waals surface area (Å²) in [5.74, 6) is -0.0438. The van der Waals surface area contributed by atoms with Crippen molar-refractivity contribution in [3.8, 4) is 5.75 Å². The summed E-state index contributed by atoms with van der Waals surface area (Å²) in [6.45, 7) is 1.83. The monoisotopic (exact) mass is 522 g/mol. The lowest BCUT2D eigenvalue weighted by Crippen LogP contribution is -2.39. The largest absolute Gasteiger partial charge is 0.494 e. The molecule has 4 aromatic rings. The van der Waals surface area contributed by atoms with Crippen LogP contribution in [0.25, 0.3) is 10.9 Å². The first-order valence-electron chi connectivity index (χ1n) is 11.1. The Labute approximate surface area is 214 Å². The number of hydrogen-bond acceptors (Lipinski definition) is 6. The van der Waals surface area contributed by atoms with Gasteiger partial charge in [-0.15, -0.1) is 0 Å². The molecule has 1 N–H and O–H groups in total. The van der Waals surface area contributed by atoms with E-state index in [9.17, 15) is 13.2 Å². The number of benzene rings is 3. The van der Waals surface area contributed by atoms with E-state index in [0.29, 0.717) is 23.6 Å². The number of carbonyl (C=O) groups is 1. The van der Waals surface area contributed by atoms with Crippen LogP contribution in [0.4, 0.5) is 5.69 Å². The van der Waals surface area contributed by atoms with E-state index in [1.54, 1.807) is 48.5 Å². The molecule has 0 atom stereocenters. The zero-order valence-electron chi connectivity index (χ0n) is 19.3. The Morgan fingerprint density at radius 2 is 1.75 bits per heavy atom. The Balaban J connectivity index is 1.55. The average molecular weight is 523 g/mol. The third kappa shape index (κ3) is 5.81. The van der Waals surface area contributed by atoms with E-state index in [-0.39, 0.29) is 10.0 Å². The molecule has 8 nitrogen and oxygen atoms in total. The topological polar surface area (TPSA) is 101 Å². The molecular formula is C26H23ClN4O4S. The second-order valence-electron chi connectivity index (χ2n) is 7.61. The minimum absolute atomic E-state index is 0.0594. The molecule has 0 saturated heterocycles. The number of rotatable bonds is 9. The van der Waals surface area contributed by atoms with Crippen molar-refractivity contribution in [1.29, 1.82) is 0 Å². The highest BCUT2D eigenvalue weighted by atomic mass is 35.5. The fourth-order valence-corrected chi connectivity index (χ4v) is 5.09. The van der Waals surface area contributed by atoms with Crippen molar-refractivity contribution >= 4 is 50.3 Å². The maximum Gasteiger partial charge on any atom is 0.264 e. The quantitative estimate of drug-likeness (QED) is 0.196. The van der Waals surface area contributed by atoms with Crippen LogP contribution in [0.2, 0.25) is 5.15 Å². The third-order valence-corrected chi connectivity index (χ3v) is 7.24. The molecule has 0 saturated carbocycles. The van der Waals surface area contributed by atoms with Gasteiger partial charge in [-0.05, 0) is 55.5 Å². The van der Waals surface area contributed by atoms with Crippen molar-refractivity contribution in [3.63, 3.8) is 0 Å². The van der Waals surface area contributed by atoms with Gasteiger partial charge < -0.3 is 4.74 Å². The van der Waals surface area contributed by atoms with Crippen LogP contribution in [0.1, 0.15) is 12.5 Å². The van der Waals surface area contributed by atoms with Gasteiger partial charge in [0.2, 0.25) is 0 Å². The molecule has 0 aliphatic carbocycles. The second kappa shape index (κ2) is 11.2. The van der Waals surface area contributed by atoms with Gasteiger partial charge in [0.15, 0.2) is 0 Å². The van der Waals surface area contributed by atoms with Gasteiger partial charge in [0.1, 0.15) is 17.4 Å². The van der Waals surface area contributed by atoms with Crippen molar-refractivity contribution < 1.29 is 17.9 Å². The first-order valence-corrected chi connectivity index (χ1v) is 12.9. The number of amides is 1. The van der Waals surface area contributed by atoms with Crippen LogP contribution >= 0.6 is 11.6 Å². The summed E-state index contributed by atoms with van der Waals surface area (Å²) in [7, 11) is -4.03. The highest BCUT2D eigenvalue weighted by Gasteiger charge is 2.27. The second-order valence-corrected chi connectivity index (χ2v) is 9.83. The summed E-state index contributed by atoms with van der Waals surface area (Å²) < 4.78 is 33.3. The van der Waals surface area contributed by atoms with Gasteiger partial charge in [-0.25, -0.2) is 18.8 Å². The molecule has 0 bridgehead atoms. The fourth-order valence-electron chi connectivity index (χ4n) is 3.45. The molecule has 0 aliphatic rings. The van der Waals surface area contributed by atoms with Gasteiger partial charge >= 0.3 is 0 Å². The van der Waals surface area contributed by atoms with Crippen LogP contribution in [0.5, 0.6) is 5.75 Å². The number of carbonyl (C=O) groups excluding carboxylic acids is 1. The molecule has 36 heavy (non-hydrogen) atoms. The highest BCUT2D eigenvalue weighted by molar-refractivity contribution is 7.92. The molecule has 4 rings (SSSR count). The predicted octanol–water partition coefficient (Wildman–Crippen LogP) is 4.63. The zero-order chi connectivity index (χ0) is 25.5. The molecule has 1 heterocycles. The summed E-state index contributed by atoms with van der Waals surface area (Å²) in [4.78, 5) is 17.1. The number of pyridine rings is 1. The van der Waals surface area contributed by atoms with E-state index in [0.717, 1.165) is 15.2 Å². The number of ether oxygens (including phenoxy) is 1. The number of anilines is 1. The summed E-state index contributed by atoms with van der Waals surface area (Å²) in [5, 5.41) is 5.06. The van der Waals surface area contributed by atoms with Crippen molar-refractivity contribution in [1.82, 2.24) is 10.4 Å². The molecule has 10 heteroatoms. The number of nitrogens with zero attached hydrogens (tertiary/aromatic N) is 3. The number of sulfonamides is 1. The van der Waals surface area contributed by atoms with Crippen LogP contribution in [0.3, 0.4) is 0 Å². The molecular weight excluding hydrogens is 500 g/mol. The van der Waals surface area contributed by atoms with Gasteiger partial charge in [0, 0.05) is 10.9 Å². The molecule has 0 aliphatic heterocycles. The lowest BCUT2D eigenvalue weighted by Gasteiger charge is -2.24. The van der Waals surface area contributed by atoms with E-state index in [1.165, 1.54) is 18.3 Å². The number of fused-ring (bicyclic) bond motifs is 1. The van der Waals surface area contributed by atoms with Gasteiger partial charge in [0.05, 0.1) is 28.9 Å². The minimum atomic E-state index is -4.03. The van der Waals surface area contributed by atoms with E-state index in [4.69, 9.17) is 16.3 Å². The van der Waals surface area contributed by atoms with Crippen LogP contribution < -0.4 is 14.5 Å². The Morgan fingerprint density at radius 3 is 2.47 bits per heavy atom. The zero-order valence-corrected chi connectivity index (χ0v) is 20.9. The summed E-state index contributed by atoms with van der Waals surface area (Å²) in [6, 6.07) is 23.6. The fraction of sp³-hybridized carbons (Fsp3) is 0.115. The molecule has 0 fully saturated rings. The van der Waals surface area contributed by atoms with Gasteiger partial charge in [-0.2, -0.15) is 5.10 Å². The smallest absolute Gasteiger partial charge is 0.264 e. The number of hydrazone groups is 1. The van der Waals surface area contributed by atoms with Gasteiger partial charge in [0.25, 0.3) is 15.9 Å². The predicted molar refractivity (Wildman–Crippen MR) is 141 cm³/mol. The number of para-hydroxylation sites is 1. The van der Waals surface area contributed by atoms with Crippen LogP contribution in [-0.2, 0) is 14.8 Å². The van der Waals surface area contributed by atoms with Crippen LogP contribution in [-0.4, -0.2) is 38.7 Å². The van der Waals surface area contributed by atoms with E-state index in [1.807, 2.05) is 31.2 Å². The SMILES string of the molecule is CCOc1ccc(N(CC(=O)NN=Cc2cc3ccccc3nc2Cl)S(=O)(=O)c2ccccc2)cc1. The molecule has 3 aromatic carbocycles. The highest BCUT2D eigenvalue weighted by Crippen LogP contribution is 2.26. The molecule has 1 aromatic heterocycles. The maximum atomic E-state index is 13.4. The van der Waals surface area contributed by atoms with Crippen LogP contribution in [0, 0.1) is 0 Å². The minimum Gasteiger partial charge on any atom is -0.494 e. The molecule has 0 radical (unpaired) electrons. The standard InChI is InChI=1S/C26H23ClN4O4S/c1-2-35-22-14-12-21(13-15-22)31(36(33,34)23-9-4-3-5-10-23)18-25(32)30-28-17-20-16-19-8-6-7-11-24(19)29-26(20)27/h3-17H,2,18H2,1H3,(H,30,32). The van der Waals surface area contributed by atoms with Crippen molar-refractivity contribution in [3.05, 3.63) is 95.6 Å². The van der Waals surface area contributed by atoms with Crippen molar-refractivity contribution in [2.75, 3.05) is 17.5 Å². The van der Waals surface area contributed by atoms with Gasteiger partial charge in [-0.3, -0.25) is 9.10 Å². The molecule has 1 amide bonds. The third-order valence-electron chi connectivity index (χ3n) is 5.15. The summed E-state index contributed by atoms with van der Waals surface area (Å²) in [6.07, 6.45) is 1.37. The lowest BCUT2D eigenvalue weighted by molar-refractivity contribution is -0.119. The van der Waals surface area contributed by atoms with E-state index >= 15 is 0 Å². The molecule has 0 unspecified atom stereocenters. The first-order chi connectivity index (χ1) is 17.4. The van der Waals surface area contributed by atoms with E-state index < -0.39 is 22.5 Å². The first kappa shape index (κ1) is 25.2. The number of halogens is 1.